The molecule has 1 fully saturated rings. The third kappa shape index (κ3) is 6.80. The fourth-order valence-corrected chi connectivity index (χ4v) is 8.28. The second-order valence-electron chi connectivity index (χ2n) is 12.1. The summed E-state index contributed by atoms with van der Waals surface area (Å²) >= 11 is 0. The van der Waals surface area contributed by atoms with Crippen LogP contribution in [0.25, 0.3) is 32.6 Å². The second kappa shape index (κ2) is 13.3. The van der Waals surface area contributed by atoms with Crippen LogP contribution in [0.4, 0.5) is 5.69 Å². The van der Waals surface area contributed by atoms with Crippen LogP contribution in [0.2, 0.25) is 0 Å². The van der Waals surface area contributed by atoms with Gasteiger partial charge in [-0.2, -0.15) is 5.10 Å². The third-order valence-electron chi connectivity index (χ3n) is 8.91. The number of para-hydroxylation sites is 1. The van der Waals surface area contributed by atoms with Crippen molar-refractivity contribution < 1.29 is 8.42 Å². The summed E-state index contributed by atoms with van der Waals surface area (Å²) in [6, 6.07) is 29.6. The highest BCUT2D eigenvalue weighted by molar-refractivity contribution is 7.91. The molecular formula is C37H43N3O2S. The summed E-state index contributed by atoms with van der Waals surface area (Å²) in [5.74, 6) is 0.337. The Labute approximate surface area is 256 Å². The first-order valence-corrected chi connectivity index (χ1v) is 17.9. The minimum absolute atomic E-state index is 0.127. The zero-order valence-corrected chi connectivity index (χ0v) is 26.1. The summed E-state index contributed by atoms with van der Waals surface area (Å²) in [7, 11) is -3.06. The molecule has 0 bridgehead atoms. The maximum absolute atomic E-state index is 12.4. The number of nitrogens with zero attached hydrogens (tertiary/aromatic N) is 3. The predicted octanol–water partition coefficient (Wildman–Crippen LogP) is 9.12. The molecule has 4 aromatic carbocycles. The Kier molecular flexibility index (Phi) is 9.13. The van der Waals surface area contributed by atoms with Crippen LogP contribution in [0.1, 0.15) is 70.3 Å². The first-order chi connectivity index (χ1) is 21.0. The number of rotatable bonds is 13. The number of benzene rings is 4. The third-order valence-corrected chi connectivity index (χ3v) is 10.7. The molecule has 2 heterocycles. The minimum atomic E-state index is -3.06. The van der Waals surface area contributed by atoms with Crippen LogP contribution in [0.5, 0.6) is 0 Å². The van der Waals surface area contributed by atoms with E-state index in [1.807, 2.05) is 29.4 Å². The van der Waals surface area contributed by atoms with Crippen molar-refractivity contribution >= 4 is 54.3 Å². The summed E-state index contributed by atoms with van der Waals surface area (Å²) in [6.07, 6.45) is 13.0. The van der Waals surface area contributed by atoms with E-state index in [0.717, 1.165) is 28.6 Å². The topological polar surface area (TPSA) is 54.7 Å². The highest BCUT2D eigenvalue weighted by Crippen LogP contribution is 2.31. The van der Waals surface area contributed by atoms with E-state index >= 15 is 0 Å². The smallest absolute Gasteiger partial charge is 0.152 e. The number of hydrogen-bond acceptors (Lipinski definition) is 4. The quantitative estimate of drug-likeness (QED) is 0.0777. The van der Waals surface area contributed by atoms with Crippen molar-refractivity contribution in [1.29, 1.82) is 0 Å². The van der Waals surface area contributed by atoms with E-state index < -0.39 is 9.84 Å². The number of hydrogen-bond donors (Lipinski definition) is 0. The molecule has 0 saturated carbocycles. The molecule has 224 valence electrons. The van der Waals surface area contributed by atoms with Gasteiger partial charge in [0.25, 0.3) is 0 Å². The number of sulfone groups is 1. The van der Waals surface area contributed by atoms with Gasteiger partial charge in [0.1, 0.15) is 0 Å². The lowest BCUT2D eigenvalue weighted by molar-refractivity contribution is 0.553. The standard InChI is InChI=1S/C37H43N3O2S/c1-2-3-4-5-6-7-8-13-23-39-36-17-12-11-16-34(36)35-25-29(18-21-37(35)39)27-38-40(33-22-24-43(41,42)28-33)32-20-19-30-14-9-10-15-31(30)26-32/h9-12,14-21,25-27,33H,2-8,13,22-24,28H2,1H3. The minimum Gasteiger partial charge on any atom is -0.340 e. The van der Waals surface area contributed by atoms with Crippen LogP contribution in [0.15, 0.2) is 90.0 Å². The second-order valence-corrected chi connectivity index (χ2v) is 14.3. The van der Waals surface area contributed by atoms with Gasteiger partial charge in [0, 0.05) is 28.4 Å². The van der Waals surface area contributed by atoms with Gasteiger partial charge in [-0.1, -0.05) is 106 Å². The first kappa shape index (κ1) is 29.4. The van der Waals surface area contributed by atoms with E-state index in [0.29, 0.717) is 6.42 Å². The van der Waals surface area contributed by atoms with Gasteiger partial charge in [-0.3, -0.25) is 5.01 Å². The molecule has 1 aromatic heterocycles. The van der Waals surface area contributed by atoms with Crippen molar-refractivity contribution in [1.82, 2.24) is 4.57 Å². The molecule has 1 unspecified atom stereocenters. The molecule has 1 aliphatic rings. The van der Waals surface area contributed by atoms with Gasteiger partial charge in [0.05, 0.1) is 29.4 Å². The average molecular weight is 594 g/mol. The van der Waals surface area contributed by atoms with E-state index in [1.165, 1.54) is 73.2 Å². The molecule has 6 heteroatoms. The summed E-state index contributed by atoms with van der Waals surface area (Å²) in [4.78, 5) is 0. The lowest BCUT2D eigenvalue weighted by Crippen LogP contribution is -2.32. The summed E-state index contributed by atoms with van der Waals surface area (Å²) < 4.78 is 27.3. The van der Waals surface area contributed by atoms with Crippen LogP contribution in [0, 0.1) is 0 Å². The van der Waals surface area contributed by atoms with E-state index in [4.69, 9.17) is 5.10 Å². The van der Waals surface area contributed by atoms with Crippen molar-refractivity contribution in [2.75, 3.05) is 16.5 Å². The van der Waals surface area contributed by atoms with Crippen LogP contribution in [-0.4, -0.2) is 36.7 Å². The zero-order valence-electron chi connectivity index (χ0n) is 25.3. The van der Waals surface area contributed by atoms with E-state index in [9.17, 15) is 8.42 Å². The van der Waals surface area contributed by atoms with Gasteiger partial charge < -0.3 is 4.57 Å². The van der Waals surface area contributed by atoms with Crippen LogP contribution >= 0.6 is 0 Å². The Hall–Kier alpha value is -3.64. The van der Waals surface area contributed by atoms with Gasteiger partial charge >= 0.3 is 0 Å². The van der Waals surface area contributed by atoms with Crippen molar-refractivity contribution in [3.63, 3.8) is 0 Å². The molecule has 0 amide bonds. The van der Waals surface area contributed by atoms with Crippen molar-refractivity contribution in [3.8, 4) is 0 Å². The lowest BCUT2D eigenvalue weighted by atomic mass is 10.1. The van der Waals surface area contributed by atoms with Gasteiger partial charge in [-0.05, 0) is 59.5 Å². The SMILES string of the molecule is CCCCCCCCCCn1c2ccccc2c2cc(C=NN(c3ccc4ccccc4c3)C3CCS(=O)(=O)C3)ccc21. The maximum Gasteiger partial charge on any atom is 0.152 e. The molecule has 0 radical (unpaired) electrons. The molecule has 1 aliphatic heterocycles. The fourth-order valence-electron chi connectivity index (χ4n) is 6.58. The van der Waals surface area contributed by atoms with E-state index in [1.54, 1.807) is 0 Å². The number of aryl methyl sites for hydroxylation is 1. The zero-order chi connectivity index (χ0) is 29.6. The van der Waals surface area contributed by atoms with Crippen molar-refractivity contribution in [2.45, 2.75) is 77.3 Å². The monoisotopic (exact) mass is 593 g/mol. The van der Waals surface area contributed by atoms with E-state index in [-0.39, 0.29) is 17.5 Å². The van der Waals surface area contributed by atoms with Gasteiger partial charge in [0.15, 0.2) is 9.84 Å². The predicted molar refractivity (Wildman–Crippen MR) is 183 cm³/mol. The molecule has 43 heavy (non-hydrogen) atoms. The van der Waals surface area contributed by atoms with Crippen LogP contribution in [-0.2, 0) is 16.4 Å². The number of fused-ring (bicyclic) bond motifs is 4. The molecule has 0 aliphatic carbocycles. The number of hydrazone groups is 1. The summed E-state index contributed by atoms with van der Waals surface area (Å²) in [5, 5.41) is 11.6. The normalized spacial score (nSPS) is 16.6. The molecule has 5 nitrogen and oxygen atoms in total. The largest absolute Gasteiger partial charge is 0.340 e. The molecular weight excluding hydrogens is 550 g/mol. The highest BCUT2D eigenvalue weighted by Gasteiger charge is 2.32. The first-order valence-electron chi connectivity index (χ1n) is 16.1. The van der Waals surface area contributed by atoms with Crippen LogP contribution < -0.4 is 5.01 Å². The highest BCUT2D eigenvalue weighted by atomic mass is 32.2. The number of aromatic nitrogens is 1. The number of anilines is 1. The molecule has 0 spiro atoms. The van der Waals surface area contributed by atoms with Crippen LogP contribution in [0.3, 0.4) is 0 Å². The fraction of sp³-hybridized carbons (Fsp3) is 0.378. The van der Waals surface area contributed by atoms with Gasteiger partial charge in [-0.25, -0.2) is 8.42 Å². The average Bonchev–Trinajstić information content (AvgIpc) is 3.54. The Bertz CT molecular complexity index is 1840. The Morgan fingerprint density at radius 2 is 1.51 bits per heavy atom. The Morgan fingerprint density at radius 3 is 2.30 bits per heavy atom. The van der Waals surface area contributed by atoms with Crippen molar-refractivity contribution in [2.24, 2.45) is 5.10 Å². The molecule has 1 saturated heterocycles. The summed E-state index contributed by atoms with van der Waals surface area (Å²) in [5.41, 5.74) is 4.47. The summed E-state index contributed by atoms with van der Waals surface area (Å²) in [6.45, 7) is 3.30. The molecule has 0 N–H and O–H groups in total. The van der Waals surface area contributed by atoms with Crippen molar-refractivity contribution in [3.05, 3.63) is 90.5 Å². The molecule has 1 atom stereocenters. The van der Waals surface area contributed by atoms with Gasteiger partial charge in [0.2, 0.25) is 0 Å². The molecule has 5 aromatic rings. The Balaban J connectivity index is 1.25. The molecule has 6 rings (SSSR count). The van der Waals surface area contributed by atoms with Gasteiger partial charge in [-0.15, -0.1) is 0 Å². The maximum atomic E-state index is 12.4. The number of unbranched alkanes of at least 4 members (excludes halogenated alkanes) is 7. The lowest BCUT2D eigenvalue weighted by Gasteiger charge is -2.25. The Morgan fingerprint density at radius 1 is 0.791 bits per heavy atom. The van der Waals surface area contributed by atoms with E-state index in [2.05, 4.69) is 78.2 Å².